The Morgan fingerprint density at radius 3 is 2.40 bits per heavy atom. The molecule has 0 atom stereocenters. The number of alkyl halides is 3. The Bertz CT molecular complexity index is 382. The van der Waals surface area contributed by atoms with Crippen molar-refractivity contribution in [2.24, 2.45) is 0 Å². The number of nitrogen functional groups attached to an aromatic ring is 1. The minimum absolute atomic E-state index is 0.0302. The molecule has 1 rings (SSSR count). The van der Waals surface area contributed by atoms with E-state index < -0.39 is 17.6 Å². The van der Waals surface area contributed by atoms with Crippen LogP contribution in [0.2, 0.25) is 0 Å². The van der Waals surface area contributed by atoms with Crippen molar-refractivity contribution in [1.82, 2.24) is 0 Å². The highest BCUT2D eigenvalue weighted by Crippen LogP contribution is 2.35. The molecule has 0 heterocycles. The summed E-state index contributed by atoms with van der Waals surface area (Å²) in [5.74, 6) is -1.35. The molecule has 0 aromatic heterocycles. The van der Waals surface area contributed by atoms with Gasteiger partial charge in [0, 0.05) is 5.69 Å². The van der Waals surface area contributed by atoms with Crippen LogP contribution in [0.15, 0.2) is 24.8 Å². The molecule has 1 nitrogen and oxygen atoms in total. The summed E-state index contributed by atoms with van der Waals surface area (Å²) >= 11 is 0. The maximum Gasteiger partial charge on any atom is 0.419 e. The molecule has 0 unspecified atom stereocenters. The fourth-order valence-corrected chi connectivity index (χ4v) is 1.32. The van der Waals surface area contributed by atoms with E-state index in [9.17, 15) is 17.6 Å². The predicted octanol–water partition coefficient (Wildman–Crippen LogP) is 3.16. The fourth-order valence-electron chi connectivity index (χ4n) is 1.32. The second kappa shape index (κ2) is 3.92. The summed E-state index contributed by atoms with van der Waals surface area (Å²) in [7, 11) is 0. The van der Waals surface area contributed by atoms with Gasteiger partial charge in [-0.25, -0.2) is 4.39 Å². The third-order valence-corrected chi connectivity index (χ3v) is 1.84. The Balaban J connectivity index is 3.39. The van der Waals surface area contributed by atoms with Crippen molar-refractivity contribution in [3.63, 3.8) is 0 Å². The first-order valence-electron chi connectivity index (χ1n) is 4.12. The summed E-state index contributed by atoms with van der Waals surface area (Å²) in [5, 5.41) is 0. The molecular weight excluding hydrogens is 210 g/mol. The molecule has 0 fully saturated rings. The SMILES string of the molecule is C=CCc1cc(N)cc(F)c1C(F)(F)F. The third-order valence-electron chi connectivity index (χ3n) is 1.84. The molecular formula is C10H9F4N. The normalized spacial score (nSPS) is 11.5. The summed E-state index contributed by atoms with van der Waals surface area (Å²) in [6.45, 7) is 3.31. The molecule has 0 radical (unpaired) electrons. The third kappa shape index (κ3) is 2.49. The molecule has 0 spiro atoms. The van der Waals surface area contributed by atoms with Gasteiger partial charge in [0.1, 0.15) is 5.82 Å². The number of hydrogen-bond donors (Lipinski definition) is 1. The predicted molar refractivity (Wildman–Crippen MR) is 49.7 cm³/mol. The van der Waals surface area contributed by atoms with Gasteiger partial charge >= 0.3 is 6.18 Å². The average Bonchev–Trinajstić information content (AvgIpc) is 1.99. The van der Waals surface area contributed by atoms with Crippen molar-refractivity contribution in [2.75, 3.05) is 5.73 Å². The van der Waals surface area contributed by atoms with E-state index in [1.165, 1.54) is 6.08 Å². The van der Waals surface area contributed by atoms with Crippen LogP contribution in [0.25, 0.3) is 0 Å². The first kappa shape index (κ1) is 11.6. The number of rotatable bonds is 2. The zero-order chi connectivity index (χ0) is 11.6. The molecule has 2 N–H and O–H groups in total. The summed E-state index contributed by atoms with van der Waals surface area (Å²) in [5.41, 5.74) is 3.76. The summed E-state index contributed by atoms with van der Waals surface area (Å²) in [4.78, 5) is 0. The van der Waals surface area contributed by atoms with Crippen LogP contribution in [0, 0.1) is 5.82 Å². The van der Waals surface area contributed by atoms with Crippen LogP contribution in [0.1, 0.15) is 11.1 Å². The minimum Gasteiger partial charge on any atom is -0.399 e. The van der Waals surface area contributed by atoms with Crippen molar-refractivity contribution < 1.29 is 17.6 Å². The standard InChI is InChI=1S/C10H9F4N/c1-2-3-6-4-7(15)5-8(11)9(6)10(12,13)14/h2,4-5H,1,3,15H2. The maximum absolute atomic E-state index is 13.1. The number of halogens is 4. The lowest BCUT2D eigenvalue weighted by molar-refractivity contribution is -0.140. The van der Waals surface area contributed by atoms with Crippen molar-refractivity contribution in [3.8, 4) is 0 Å². The Morgan fingerprint density at radius 1 is 1.33 bits per heavy atom. The molecule has 5 heteroatoms. The Hall–Kier alpha value is -1.52. The van der Waals surface area contributed by atoms with E-state index >= 15 is 0 Å². The maximum atomic E-state index is 13.1. The monoisotopic (exact) mass is 219 g/mol. The van der Waals surface area contributed by atoms with E-state index in [4.69, 9.17) is 5.73 Å². The molecule has 15 heavy (non-hydrogen) atoms. The zero-order valence-corrected chi connectivity index (χ0v) is 7.74. The highest BCUT2D eigenvalue weighted by molar-refractivity contribution is 5.47. The Labute approximate surface area is 84.2 Å². The molecule has 0 saturated carbocycles. The summed E-state index contributed by atoms with van der Waals surface area (Å²) < 4.78 is 50.4. The van der Waals surface area contributed by atoms with Gasteiger partial charge in [-0.2, -0.15) is 13.2 Å². The first-order valence-corrected chi connectivity index (χ1v) is 4.12. The zero-order valence-electron chi connectivity index (χ0n) is 7.74. The minimum atomic E-state index is -4.71. The van der Waals surface area contributed by atoms with E-state index in [0.717, 1.165) is 6.07 Å². The molecule has 1 aromatic carbocycles. The Kier molecular flexibility index (Phi) is 3.02. The molecule has 1 aromatic rings. The van der Waals surface area contributed by atoms with Crippen molar-refractivity contribution in [3.05, 3.63) is 41.7 Å². The topological polar surface area (TPSA) is 26.0 Å². The van der Waals surface area contributed by atoms with Gasteiger partial charge in [-0.3, -0.25) is 0 Å². The van der Waals surface area contributed by atoms with Gasteiger partial charge in [-0.15, -0.1) is 6.58 Å². The van der Waals surface area contributed by atoms with E-state index in [2.05, 4.69) is 6.58 Å². The fraction of sp³-hybridized carbons (Fsp3) is 0.200. The Morgan fingerprint density at radius 2 is 1.93 bits per heavy atom. The van der Waals surface area contributed by atoms with E-state index in [1.807, 2.05) is 0 Å². The number of benzene rings is 1. The van der Waals surface area contributed by atoms with E-state index in [0.29, 0.717) is 6.07 Å². The van der Waals surface area contributed by atoms with Gasteiger partial charge < -0.3 is 5.73 Å². The van der Waals surface area contributed by atoms with Crippen molar-refractivity contribution in [2.45, 2.75) is 12.6 Å². The van der Waals surface area contributed by atoms with Gasteiger partial charge in [0.05, 0.1) is 5.56 Å². The van der Waals surface area contributed by atoms with Gasteiger partial charge in [-0.1, -0.05) is 6.08 Å². The van der Waals surface area contributed by atoms with Crippen LogP contribution in [0.5, 0.6) is 0 Å². The lowest BCUT2D eigenvalue weighted by Gasteiger charge is -2.13. The molecule has 0 aliphatic carbocycles. The highest BCUT2D eigenvalue weighted by atomic mass is 19.4. The number of anilines is 1. The molecule has 82 valence electrons. The van der Waals surface area contributed by atoms with E-state index in [1.54, 1.807) is 0 Å². The van der Waals surface area contributed by atoms with Crippen LogP contribution < -0.4 is 5.73 Å². The van der Waals surface area contributed by atoms with Gasteiger partial charge in [0.25, 0.3) is 0 Å². The van der Waals surface area contributed by atoms with E-state index in [-0.39, 0.29) is 17.7 Å². The molecule has 0 bridgehead atoms. The largest absolute Gasteiger partial charge is 0.419 e. The smallest absolute Gasteiger partial charge is 0.399 e. The van der Waals surface area contributed by atoms with Crippen LogP contribution in [0.3, 0.4) is 0 Å². The first-order chi connectivity index (χ1) is 6.86. The molecule has 0 aliphatic heterocycles. The molecule has 0 amide bonds. The molecule has 0 aliphatic rings. The van der Waals surface area contributed by atoms with Crippen molar-refractivity contribution in [1.29, 1.82) is 0 Å². The second-order valence-corrected chi connectivity index (χ2v) is 3.03. The highest BCUT2D eigenvalue weighted by Gasteiger charge is 2.36. The summed E-state index contributed by atoms with van der Waals surface area (Å²) in [6.07, 6.45) is -3.52. The van der Waals surface area contributed by atoms with Gasteiger partial charge in [0.15, 0.2) is 0 Å². The number of hydrogen-bond acceptors (Lipinski definition) is 1. The van der Waals surface area contributed by atoms with Crippen LogP contribution in [-0.4, -0.2) is 0 Å². The lowest BCUT2D eigenvalue weighted by atomic mass is 10.0. The van der Waals surface area contributed by atoms with Crippen LogP contribution >= 0.6 is 0 Å². The van der Waals surface area contributed by atoms with Gasteiger partial charge in [0.2, 0.25) is 0 Å². The average molecular weight is 219 g/mol. The number of allylic oxidation sites excluding steroid dienone is 1. The van der Waals surface area contributed by atoms with Gasteiger partial charge in [-0.05, 0) is 24.1 Å². The van der Waals surface area contributed by atoms with Crippen LogP contribution in [-0.2, 0) is 12.6 Å². The molecule has 0 saturated heterocycles. The van der Waals surface area contributed by atoms with Crippen LogP contribution in [0.4, 0.5) is 23.2 Å². The second-order valence-electron chi connectivity index (χ2n) is 3.03. The number of nitrogens with two attached hydrogens (primary N) is 1. The van der Waals surface area contributed by atoms with Crippen molar-refractivity contribution >= 4 is 5.69 Å². The summed E-state index contributed by atoms with van der Waals surface area (Å²) in [6, 6.07) is 1.77. The lowest BCUT2D eigenvalue weighted by Crippen LogP contribution is -2.12. The quantitative estimate of drug-likeness (QED) is 0.461.